The smallest absolute Gasteiger partial charge is 0.265 e. The van der Waals surface area contributed by atoms with Crippen molar-refractivity contribution in [2.24, 2.45) is 5.73 Å². The third kappa shape index (κ3) is 2.81. The summed E-state index contributed by atoms with van der Waals surface area (Å²) in [7, 11) is -3.62. The molecule has 0 amide bonds. The second-order valence-corrected chi connectivity index (χ2v) is 7.93. The molecule has 0 aliphatic carbocycles. The number of nitrogens with two attached hydrogens (primary N) is 1. The van der Waals surface area contributed by atoms with Gasteiger partial charge in [0.1, 0.15) is 4.90 Å². The molecular weight excluding hydrogens is 302 g/mol. The average Bonchev–Trinajstić information content (AvgIpc) is 2.82. The molecule has 2 aromatic rings. The quantitative estimate of drug-likeness (QED) is 0.906. The van der Waals surface area contributed by atoms with Crippen molar-refractivity contribution in [2.45, 2.75) is 32.2 Å². The number of hydrogen-bond acceptors (Lipinski definition) is 6. The normalized spacial score (nSPS) is 11.8. The number of thiazole rings is 1. The van der Waals surface area contributed by atoms with Gasteiger partial charge in [0.05, 0.1) is 5.69 Å². The number of aryl methyl sites for hydroxylation is 3. The number of aromatic nitrogens is 1. The summed E-state index contributed by atoms with van der Waals surface area (Å²) in [4.78, 5) is 6.13. The summed E-state index contributed by atoms with van der Waals surface area (Å²) in [6, 6.07) is 0. The summed E-state index contributed by atoms with van der Waals surface area (Å²) >= 11 is 2.69. The third-order valence-corrected chi connectivity index (χ3v) is 6.64. The lowest BCUT2D eigenvalue weighted by Crippen LogP contribution is -2.15. The number of hydrogen-bond donors (Lipinski definition) is 2. The molecular formula is C11H15N3O2S3. The molecule has 0 spiro atoms. The maximum absolute atomic E-state index is 12.4. The summed E-state index contributed by atoms with van der Waals surface area (Å²) < 4.78 is 27.3. The number of nitrogens with zero attached hydrogens (tertiary/aromatic N) is 1. The summed E-state index contributed by atoms with van der Waals surface area (Å²) in [6.45, 7) is 5.74. The molecule has 0 aliphatic rings. The van der Waals surface area contributed by atoms with E-state index in [-0.39, 0.29) is 11.4 Å². The fourth-order valence-electron chi connectivity index (χ4n) is 1.67. The van der Waals surface area contributed by atoms with Crippen LogP contribution in [0.5, 0.6) is 0 Å². The van der Waals surface area contributed by atoms with Crippen LogP contribution in [0, 0.1) is 20.8 Å². The van der Waals surface area contributed by atoms with E-state index in [2.05, 4.69) is 9.71 Å². The van der Waals surface area contributed by atoms with Crippen LogP contribution in [0.2, 0.25) is 0 Å². The Morgan fingerprint density at radius 1 is 1.37 bits per heavy atom. The van der Waals surface area contributed by atoms with Gasteiger partial charge in [-0.15, -0.1) is 22.7 Å². The second kappa shape index (κ2) is 5.20. The minimum absolute atomic E-state index is 0.213. The Bertz CT molecular complexity index is 681. The topological polar surface area (TPSA) is 85.1 Å². The first-order valence-electron chi connectivity index (χ1n) is 5.59. The predicted octanol–water partition coefficient (Wildman–Crippen LogP) is 2.39. The molecule has 0 fully saturated rings. The largest absolute Gasteiger partial charge is 0.326 e. The van der Waals surface area contributed by atoms with Gasteiger partial charge in [-0.3, -0.25) is 4.72 Å². The van der Waals surface area contributed by atoms with Crippen molar-refractivity contribution in [1.82, 2.24) is 4.98 Å². The zero-order valence-electron chi connectivity index (χ0n) is 10.9. The number of anilines is 1. The van der Waals surface area contributed by atoms with E-state index in [0.29, 0.717) is 15.6 Å². The molecule has 2 heterocycles. The van der Waals surface area contributed by atoms with Crippen LogP contribution in [-0.4, -0.2) is 13.4 Å². The van der Waals surface area contributed by atoms with Crippen LogP contribution >= 0.6 is 22.7 Å². The maximum atomic E-state index is 12.4. The van der Waals surface area contributed by atoms with E-state index in [4.69, 9.17) is 5.73 Å². The van der Waals surface area contributed by atoms with Gasteiger partial charge in [-0.2, -0.15) is 0 Å². The lowest BCUT2D eigenvalue weighted by Gasteiger charge is -2.06. The Labute approximate surface area is 120 Å². The van der Waals surface area contributed by atoms with Gasteiger partial charge in [0.25, 0.3) is 10.0 Å². The van der Waals surface area contributed by atoms with Crippen molar-refractivity contribution in [3.63, 3.8) is 0 Å². The van der Waals surface area contributed by atoms with E-state index in [1.54, 1.807) is 12.3 Å². The number of nitrogens with one attached hydrogen (secondary N) is 1. The predicted molar refractivity (Wildman–Crippen MR) is 79.3 cm³/mol. The fraction of sp³-hybridized carbons (Fsp3) is 0.364. The number of sulfonamides is 1. The van der Waals surface area contributed by atoms with Crippen LogP contribution < -0.4 is 10.5 Å². The molecule has 3 N–H and O–H groups in total. The Morgan fingerprint density at radius 2 is 2.05 bits per heavy atom. The highest BCUT2D eigenvalue weighted by molar-refractivity contribution is 7.93. The minimum Gasteiger partial charge on any atom is -0.326 e. The van der Waals surface area contributed by atoms with Gasteiger partial charge in [0.15, 0.2) is 5.13 Å². The zero-order chi connectivity index (χ0) is 14.2. The van der Waals surface area contributed by atoms with Gasteiger partial charge in [-0.1, -0.05) is 0 Å². The molecule has 0 atom stereocenters. The third-order valence-electron chi connectivity index (χ3n) is 2.69. The highest BCUT2D eigenvalue weighted by atomic mass is 32.2. The van der Waals surface area contributed by atoms with Crippen molar-refractivity contribution < 1.29 is 8.42 Å². The van der Waals surface area contributed by atoms with Crippen LogP contribution in [0.1, 0.15) is 21.0 Å². The molecule has 2 rings (SSSR count). The van der Waals surface area contributed by atoms with Crippen LogP contribution in [0.25, 0.3) is 0 Å². The van der Waals surface area contributed by atoms with Crippen LogP contribution in [-0.2, 0) is 16.6 Å². The Morgan fingerprint density at radius 3 is 2.58 bits per heavy atom. The molecule has 8 heteroatoms. The highest BCUT2D eigenvalue weighted by Crippen LogP contribution is 2.30. The molecule has 0 saturated carbocycles. The molecule has 5 nitrogen and oxygen atoms in total. The summed E-state index contributed by atoms with van der Waals surface area (Å²) in [5.74, 6) is 0. The van der Waals surface area contributed by atoms with Gasteiger partial charge >= 0.3 is 0 Å². The van der Waals surface area contributed by atoms with Crippen molar-refractivity contribution in [3.05, 3.63) is 26.4 Å². The van der Waals surface area contributed by atoms with Crippen molar-refractivity contribution in [1.29, 1.82) is 0 Å². The number of rotatable bonds is 4. The van der Waals surface area contributed by atoms with Crippen molar-refractivity contribution in [2.75, 3.05) is 4.72 Å². The van der Waals surface area contributed by atoms with E-state index < -0.39 is 10.0 Å². The van der Waals surface area contributed by atoms with E-state index in [0.717, 1.165) is 10.6 Å². The van der Waals surface area contributed by atoms with Gasteiger partial charge < -0.3 is 5.73 Å². The average molecular weight is 317 g/mol. The molecule has 0 aromatic carbocycles. The molecule has 0 bridgehead atoms. The minimum atomic E-state index is -3.62. The Kier molecular flexibility index (Phi) is 3.95. The van der Waals surface area contributed by atoms with E-state index in [1.807, 2.05) is 13.8 Å². The molecule has 104 valence electrons. The second-order valence-electron chi connectivity index (χ2n) is 4.14. The van der Waals surface area contributed by atoms with Crippen molar-refractivity contribution >= 4 is 37.8 Å². The van der Waals surface area contributed by atoms with Gasteiger partial charge in [-0.05, 0) is 31.7 Å². The number of thiophene rings is 1. The van der Waals surface area contributed by atoms with Crippen molar-refractivity contribution in [3.8, 4) is 0 Å². The summed E-state index contributed by atoms with van der Waals surface area (Å²) in [5.41, 5.74) is 7.14. The fourth-order valence-corrected chi connectivity index (χ4v) is 5.43. The lowest BCUT2D eigenvalue weighted by molar-refractivity contribution is 0.600. The molecule has 0 unspecified atom stereocenters. The molecule has 2 aromatic heterocycles. The molecule has 0 saturated heterocycles. The van der Waals surface area contributed by atoms with Gasteiger partial charge in [0, 0.05) is 16.3 Å². The van der Waals surface area contributed by atoms with E-state index in [1.165, 1.54) is 22.7 Å². The zero-order valence-corrected chi connectivity index (χ0v) is 13.3. The molecule has 19 heavy (non-hydrogen) atoms. The van der Waals surface area contributed by atoms with E-state index >= 15 is 0 Å². The molecule has 0 radical (unpaired) electrons. The first kappa shape index (κ1) is 14.4. The first-order chi connectivity index (χ1) is 8.85. The standard InChI is InChI=1S/C11H15N3O2S3/c1-6-5-17-9(4-12)10(6)19(15,16)14-11-13-7(2)8(3)18-11/h5H,4,12H2,1-3H3,(H,13,14). The summed E-state index contributed by atoms with van der Waals surface area (Å²) in [6.07, 6.45) is 0. The Balaban J connectivity index is 2.40. The Hall–Kier alpha value is -0.960. The monoisotopic (exact) mass is 317 g/mol. The maximum Gasteiger partial charge on any atom is 0.265 e. The molecule has 0 aliphatic heterocycles. The first-order valence-corrected chi connectivity index (χ1v) is 8.77. The lowest BCUT2D eigenvalue weighted by atomic mass is 10.3. The van der Waals surface area contributed by atoms with Gasteiger partial charge in [-0.25, -0.2) is 13.4 Å². The van der Waals surface area contributed by atoms with E-state index in [9.17, 15) is 8.42 Å². The van der Waals surface area contributed by atoms with Crippen LogP contribution in [0.3, 0.4) is 0 Å². The van der Waals surface area contributed by atoms with Crippen LogP contribution in [0.15, 0.2) is 10.3 Å². The highest BCUT2D eigenvalue weighted by Gasteiger charge is 2.23. The SMILES string of the molecule is Cc1csc(CN)c1S(=O)(=O)Nc1nc(C)c(C)s1. The van der Waals surface area contributed by atoms with Gasteiger partial charge in [0.2, 0.25) is 0 Å². The summed E-state index contributed by atoms with van der Waals surface area (Å²) in [5, 5.41) is 2.19. The van der Waals surface area contributed by atoms with Crippen LogP contribution in [0.4, 0.5) is 5.13 Å².